The Morgan fingerprint density at radius 1 is 0.821 bits per heavy atom. The van der Waals surface area contributed by atoms with Gasteiger partial charge >= 0.3 is 0 Å². The van der Waals surface area contributed by atoms with Crippen LogP contribution in [0, 0.1) is 0 Å². The number of rotatable bonds is 12. The van der Waals surface area contributed by atoms with Crippen molar-refractivity contribution in [2.45, 2.75) is 100 Å². The molecular weight excluding hydrogens is 335 g/mol. The summed E-state index contributed by atoms with van der Waals surface area (Å²) >= 11 is 0. The molecule has 0 nitrogen and oxygen atoms in total. The molecule has 0 unspecified atom stereocenters. The molecule has 0 aliphatic carbocycles. The van der Waals surface area contributed by atoms with Crippen molar-refractivity contribution in [2.24, 2.45) is 0 Å². The van der Waals surface area contributed by atoms with E-state index in [1.165, 1.54) is 63.7 Å². The van der Waals surface area contributed by atoms with Crippen molar-refractivity contribution in [2.75, 3.05) is 0 Å². The van der Waals surface area contributed by atoms with Crippen molar-refractivity contribution in [1.29, 1.82) is 0 Å². The Morgan fingerprint density at radius 2 is 1.43 bits per heavy atom. The van der Waals surface area contributed by atoms with E-state index in [-0.39, 0.29) is 0 Å². The van der Waals surface area contributed by atoms with Gasteiger partial charge in [0, 0.05) is 0 Å². The molecule has 28 heavy (non-hydrogen) atoms. The standard InChI is InChI=1S/C27H45B/c1-11-25(19(4)5)15-14-16-26(12-2)23(9)24(10)27(13-3)22(8)20(6)17-18-21(7)28/h12H,7,9,11,13-18,28H2,1-6,8,10H3/b22-20-,26-12-,27-24-. The Labute approximate surface area is 177 Å². The lowest BCUT2D eigenvalue weighted by atomic mass is 9.85. The van der Waals surface area contributed by atoms with E-state index >= 15 is 0 Å². The predicted molar refractivity (Wildman–Crippen MR) is 134 cm³/mol. The van der Waals surface area contributed by atoms with Gasteiger partial charge in [-0.2, -0.15) is 0 Å². The summed E-state index contributed by atoms with van der Waals surface area (Å²) in [4.78, 5) is 0. The summed E-state index contributed by atoms with van der Waals surface area (Å²) < 4.78 is 0. The van der Waals surface area contributed by atoms with Crippen LogP contribution in [-0.2, 0) is 0 Å². The van der Waals surface area contributed by atoms with Crippen LogP contribution >= 0.6 is 0 Å². The second kappa shape index (κ2) is 13.6. The third-order valence-corrected chi connectivity index (χ3v) is 6.07. The maximum Gasteiger partial charge on any atom is 0.133 e. The molecule has 0 aromatic rings. The van der Waals surface area contributed by atoms with Crippen LogP contribution in [0.1, 0.15) is 100 Å². The van der Waals surface area contributed by atoms with Gasteiger partial charge in [-0.15, -0.1) is 12.1 Å². The Balaban J connectivity index is 5.44. The Bertz CT molecular complexity index is 673. The minimum Gasteiger partial charge on any atom is -0.117 e. The lowest BCUT2D eigenvalue weighted by Crippen LogP contribution is -1.99. The predicted octanol–water partition coefficient (Wildman–Crippen LogP) is 8.40. The lowest BCUT2D eigenvalue weighted by Gasteiger charge is -2.19. The van der Waals surface area contributed by atoms with Crippen LogP contribution in [-0.4, -0.2) is 7.85 Å². The van der Waals surface area contributed by atoms with Gasteiger partial charge in [-0.05, 0) is 114 Å². The van der Waals surface area contributed by atoms with Crippen LogP contribution in [0.2, 0.25) is 0 Å². The highest BCUT2D eigenvalue weighted by molar-refractivity contribution is 6.21. The van der Waals surface area contributed by atoms with Gasteiger partial charge in [0.15, 0.2) is 0 Å². The summed E-state index contributed by atoms with van der Waals surface area (Å²) in [6, 6.07) is 0. The van der Waals surface area contributed by atoms with Gasteiger partial charge < -0.3 is 0 Å². The molecule has 0 spiro atoms. The van der Waals surface area contributed by atoms with Crippen molar-refractivity contribution in [3.05, 3.63) is 69.3 Å². The second-order valence-electron chi connectivity index (χ2n) is 8.42. The van der Waals surface area contributed by atoms with Crippen molar-refractivity contribution < 1.29 is 0 Å². The topological polar surface area (TPSA) is 0 Å². The van der Waals surface area contributed by atoms with Gasteiger partial charge in [-0.3, -0.25) is 0 Å². The molecular formula is C27H45B. The first kappa shape index (κ1) is 26.5. The van der Waals surface area contributed by atoms with E-state index < -0.39 is 0 Å². The zero-order valence-corrected chi connectivity index (χ0v) is 20.4. The molecule has 0 aromatic heterocycles. The fourth-order valence-electron chi connectivity index (χ4n) is 3.82. The number of hydrogen-bond donors (Lipinski definition) is 0. The Kier molecular flexibility index (Phi) is 12.9. The summed E-state index contributed by atoms with van der Waals surface area (Å²) in [5, 5.41) is 0. The molecule has 0 aliphatic rings. The molecule has 0 amide bonds. The Hall–Kier alpha value is -1.50. The quantitative estimate of drug-likeness (QED) is 0.181. The summed E-state index contributed by atoms with van der Waals surface area (Å²) in [5.41, 5.74) is 12.7. The van der Waals surface area contributed by atoms with E-state index in [4.69, 9.17) is 0 Å². The highest BCUT2D eigenvalue weighted by Gasteiger charge is 2.12. The molecule has 0 aliphatic heterocycles. The molecule has 0 bridgehead atoms. The first-order valence-corrected chi connectivity index (χ1v) is 11.1. The first-order chi connectivity index (χ1) is 13.1. The van der Waals surface area contributed by atoms with Gasteiger partial charge in [0.05, 0.1) is 0 Å². The summed E-state index contributed by atoms with van der Waals surface area (Å²) in [5.74, 6) is 0. The minimum absolute atomic E-state index is 1.05. The summed E-state index contributed by atoms with van der Waals surface area (Å²) in [6.07, 6.45) is 10.2. The molecule has 156 valence electrons. The number of hydrogen-bond acceptors (Lipinski definition) is 0. The second-order valence-corrected chi connectivity index (χ2v) is 8.42. The molecule has 0 saturated carbocycles. The molecule has 0 rings (SSSR count). The van der Waals surface area contributed by atoms with Crippen LogP contribution < -0.4 is 0 Å². The molecule has 0 radical (unpaired) electrons. The van der Waals surface area contributed by atoms with Gasteiger partial charge in [0.1, 0.15) is 7.85 Å². The third-order valence-electron chi connectivity index (χ3n) is 6.07. The van der Waals surface area contributed by atoms with E-state index in [2.05, 4.69) is 82.5 Å². The minimum atomic E-state index is 1.05. The van der Waals surface area contributed by atoms with Gasteiger partial charge in [0.2, 0.25) is 0 Å². The van der Waals surface area contributed by atoms with E-state index in [0.717, 1.165) is 25.7 Å². The van der Waals surface area contributed by atoms with Crippen molar-refractivity contribution in [1.82, 2.24) is 0 Å². The fourth-order valence-corrected chi connectivity index (χ4v) is 3.82. The molecule has 0 fully saturated rings. The van der Waals surface area contributed by atoms with Gasteiger partial charge in [-0.1, -0.05) is 43.2 Å². The fraction of sp³-hybridized carbons (Fsp3) is 0.556. The van der Waals surface area contributed by atoms with Crippen molar-refractivity contribution in [3.63, 3.8) is 0 Å². The summed E-state index contributed by atoms with van der Waals surface area (Å²) in [7, 11) is 2.11. The van der Waals surface area contributed by atoms with Crippen LogP contribution in [0.15, 0.2) is 69.3 Å². The first-order valence-electron chi connectivity index (χ1n) is 11.1. The van der Waals surface area contributed by atoms with Crippen molar-refractivity contribution in [3.8, 4) is 0 Å². The normalized spacial score (nSPS) is 13.6. The maximum atomic E-state index is 4.49. The highest BCUT2D eigenvalue weighted by atomic mass is 14.2. The Morgan fingerprint density at radius 3 is 1.86 bits per heavy atom. The zero-order valence-electron chi connectivity index (χ0n) is 20.4. The van der Waals surface area contributed by atoms with E-state index in [0.29, 0.717) is 0 Å². The number of allylic oxidation sites excluding steroid dienone is 10. The highest BCUT2D eigenvalue weighted by Crippen LogP contribution is 2.31. The van der Waals surface area contributed by atoms with Crippen LogP contribution in [0.4, 0.5) is 0 Å². The van der Waals surface area contributed by atoms with E-state index in [1.807, 2.05) is 0 Å². The van der Waals surface area contributed by atoms with Crippen LogP contribution in [0.5, 0.6) is 0 Å². The van der Waals surface area contributed by atoms with E-state index in [9.17, 15) is 0 Å². The molecule has 0 aromatic carbocycles. The summed E-state index contributed by atoms with van der Waals surface area (Å²) in [6.45, 7) is 26.5. The van der Waals surface area contributed by atoms with Crippen molar-refractivity contribution >= 4 is 7.85 Å². The molecule has 0 heterocycles. The smallest absolute Gasteiger partial charge is 0.117 e. The maximum absolute atomic E-state index is 4.49. The third kappa shape index (κ3) is 8.67. The van der Waals surface area contributed by atoms with Gasteiger partial charge in [-0.25, -0.2) is 0 Å². The SMILES string of the molecule is BC(=C)CC/C(C)=C(C)\C(CC)=C(\C)C(=C)/C(=C\C)CCCC(CC)=C(C)C. The zero-order chi connectivity index (χ0) is 21.9. The average molecular weight is 380 g/mol. The van der Waals surface area contributed by atoms with Gasteiger partial charge in [0.25, 0.3) is 0 Å². The van der Waals surface area contributed by atoms with E-state index in [1.54, 1.807) is 5.57 Å². The molecule has 1 heteroatoms. The molecule has 0 saturated heterocycles. The average Bonchev–Trinajstić information content (AvgIpc) is 2.65. The van der Waals surface area contributed by atoms with Crippen LogP contribution in [0.3, 0.4) is 0 Å². The largest absolute Gasteiger partial charge is 0.133 e. The van der Waals surface area contributed by atoms with Crippen LogP contribution in [0.25, 0.3) is 0 Å². The molecule has 0 atom stereocenters. The lowest BCUT2D eigenvalue weighted by molar-refractivity contribution is 0.774. The molecule has 0 N–H and O–H groups in total. The monoisotopic (exact) mass is 380 g/mol.